The van der Waals surface area contributed by atoms with Crippen molar-refractivity contribution in [2.75, 3.05) is 11.3 Å². The fraction of sp³-hybridized carbons (Fsp3) is 0.286. The third-order valence-electron chi connectivity index (χ3n) is 2.99. The first-order valence-corrected chi connectivity index (χ1v) is 9.21. The summed E-state index contributed by atoms with van der Waals surface area (Å²) in [5.41, 5.74) is 1.64. The lowest BCUT2D eigenvalue weighted by Crippen LogP contribution is -2.17. The minimum atomic E-state index is -3.57. The van der Waals surface area contributed by atoms with Crippen molar-refractivity contribution in [1.82, 2.24) is 5.32 Å². The van der Waals surface area contributed by atoms with Gasteiger partial charge in [0.15, 0.2) is 0 Å². The molecule has 7 heteroatoms. The summed E-state index contributed by atoms with van der Waals surface area (Å²) in [6.07, 6.45) is 0. The van der Waals surface area contributed by atoms with Crippen LogP contribution in [0, 0.1) is 0 Å². The van der Waals surface area contributed by atoms with Crippen LogP contribution in [0.25, 0.3) is 0 Å². The van der Waals surface area contributed by atoms with Crippen molar-refractivity contribution >= 4 is 38.6 Å². The number of anilines is 1. The van der Waals surface area contributed by atoms with Crippen molar-refractivity contribution in [2.24, 2.45) is 0 Å². The number of hydrogen-bond acceptors (Lipinski definition) is 4. The molecule has 0 aliphatic carbocycles. The van der Waals surface area contributed by atoms with E-state index in [0.717, 1.165) is 23.4 Å². The minimum Gasteiger partial charge on any atom is -0.310 e. The number of thiophene rings is 1. The standard InChI is InChI=1S/C14H17ClN2O2S2/c1-3-16-10(2)11-4-6-12(7-5-11)17-21(18,19)14-9-8-13(15)20-14/h4-10,16-17H,3H2,1-2H3. The molecule has 2 aromatic rings. The summed E-state index contributed by atoms with van der Waals surface area (Å²) in [5, 5.41) is 3.31. The van der Waals surface area contributed by atoms with E-state index in [1.165, 1.54) is 6.07 Å². The van der Waals surface area contributed by atoms with E-state index >= 15 is 0 Å². The second kappa shape index (κ2) is 6.79. The molecule has 1 unspecified atom stereocenters. The highest BCUT2D eigenvalue weighted by Gasteiger charge is 2.16. The topological polar surface area (TPSA) is 58.2 Å². The van der Waals surface area contributed by atoms with Gasteiger partial charge in [-0.3, -0.25) is 4.72 Å². The summed E-state index contributed by atoms with van der Waals surface area (Å²) in [6, 6.07) is 10.6. The van der Waals surface area contributed by atoms with Crippen LogP contribution in [0.4, 0.5) is 5.69 Å². The second-order valence-electron chi connectivity index (χ2n) is 4.57. The molecule has 114 valence electrons. The Bertz CT molecular complexity index is 696. The number of rotatable bonds is 6. The smallest absolute Gasteiger partial charge is 0.271 e. The summed E-state index contributed by atoms with van der Waals surface area (Å²) in [7, 11) is -3.57. The molecule has 0 fully saturated rings. The molecule has 1 atom stereocenters. The van der Waals surface area contributed by atoms with Gasteiger partial charge in [-0.1, -0.05) is 30.7 Å². The third kappa shape index (κ3) is 4.20. The van der Waals surface area contributed by atoms with Crippen molar-refractivity contribution in [3.63, 3.8) is 0 Å². The van der Waals surface area contributed by atoms with E-state index < -0.39 is 10.0 Å². The average Bonchev–Trinajstić information content (AvgIpc) is 2.87. The summed E-state index contributed by atoms with van der Waals surface area (Å²) >= 11 is 6.81. The maximum Gasteiger partial charge on any atom is 0.271 e. The fourth-order valence-corrected chi connectivity index (χ4v) is 4.45. The SMILES string of the molecule is CCNC(C)c1ccc(NS(=O)(=O)c2ccc(Cl)s2)cc1. The lowest BCUT2D eigenvalue weighted by Gasteiger charge is -2.13. The summed E-state index contributed by atoms with van der Waals surface area (Å²) in [5.74, 6) is 0. The van der Waals surface area contributed by atoms with Gasteiger partial charge < -0.3 is 5.32 Å². The summed E-state index contributed by atoms with van der Waals surface area (Å²) < 4.78 is 27.5. The van der Waals surface area contributed by atoms with Crippen molar-refractivity contribution < 1.29 is 8.42 Å². The third-order valence-corrected chi connectivity index (χ3v) is 6.09. The minimum absolute atomic E-state index is 0.206. The number of benzene rings is 1. The van der Waals surface area contributed by atoms with Gasteiger partial charge in [0, 0.05) is 11.7 Å². The zero-order valence-corrected chi connectivity index (χ0v) is 14.1. The monoisotopic (exact) mass is 344 g/mol. The highest BCUT2D eigenvalue weighted by atomic mass is 35.5. The molecule has 4 nitrogen and oxygen atoms in total. The quantitative estimate of drug-likeness (QED) is 0.836. The van der Waals surface area contributed by atoms with Gasteiger partial charge in [0.05, 0.1) is 4.34 Å². The Morgan fingerprint density at radius 2 is 1.86 bits per heavy atom. The maximum absolute atomic E-state index is 12.2. The molecular weight excluding hydrogens is 328 g/mol. The Balaban J connectivity index is 2.13. The molecule has 0 aliphatic heterocycles. The van der Waals surface area contributed by atoms with E-state index in [-0.39, 0.29) is 10.3 Å². The first kappa shape index (κ1) is 16.3. The number of halogens is 1. The zero-order chi connectivity index (χ0) is 15.5. The molecular formula is C14H17ClN2O2S2. The van der Waals surface area contributed by atoms with Gasteiger partial charge in [-0.2, -0.15) is 0 Å². The van der Waals surface area contributed by atoms with Crippen molar-refractivity contribution in [1.29, 1.82) is 0 Å². The van der Waals surface area contributed by atoms with E-state index in [9.17, 15) is 8.42 Å². The van der Waals surface area contributed by atoms with E-state index in [0.29, 0.717) is 10.0 Å². The number of nitrogens with one attached hydrogen (secondary N) is 2. The first-order chi connectivity index (χ1) is 9.92. The van der Waals surface area contributed by atoms with Crippen LogP contribution < -0.4 is 10.0 Å². The van der Waals surface area contributed by atoms with Crippen LogP contribution in [-0.4, -0.2) is 15.0 Å². The van der Waals surface area contributed by atoms with Gasteiger partial charge in [0.1, 0.15) is 4.21 Å². The molecule has 0 radical (unpaired) electrons. The highest BCUT2D eigenvalue weighted by Crippen LogP contribution is 2.27. The van der Waals surface area contributed by atoms with Crippen LogP contribution >= 0.6 is 22.9 Å². The molecule has 0 bridgehead atoms. The lowest BCUT2D eigenvalue weighted by atomic mass is 10.1. The van der Waals surface area contributed by atoms with E-state index in [1.807, 2.05) is 19.1 Å². The van der Waals surface area contributed by atoms with Gasteiger partial charge >= 0.3 is 0 Å². The Kier molecular flexibility index (Phi) is 5.27. The molecule has 2 N–H and O–H groups in total. The van der Waals surface area contributed by atoms with Crippen molar-refractivity contribution in [2.45, 2.75) is 24.1 Å². The van der Waals surface area contributed by atoms with Gasteiger partial charge in [-0.15, -0.1) is 11.3 Å². The van der Waals surface area contributed by atoms with Crippen LogP contribution in [0.15, 0.2) is 40.6 Å². The van der Waals surface area contributed by atoms with E-state index in [1.54, 1.807) is 18.2 Å². The Hall–Kier alpha value is -1.08. The van der Waals surface area contributed by atoms with Crippen LogP contribution in [-0.2, 0) is 10.0 Å². The largest absolute Gasteiger partial charge is 0.310 e. The molecule has 1 aromatic heterocycles. The van der Waals surface area contributed by atoms with Crippen LogP contribution in [0.3, 0.4) is 0 Å². The molecule has 1 heterocycles. The first-order valence-electron chi connectivity index (χ1n) is 6.54. The van der Waals surface area contributed by atoms with Crippen molar-refractivity contribution in [3.05, 3.63) is 46.3 Å². The molecule has 2 rings (SSSR count). The van der Waals surface area contributed by atoms with Gasteiger partial charge in [0.2, 0.25) is 0 Å². The maximum atomic E-state index is 12.2. The van der Waals surface area contributed by atoms with Gasteiger partial charge in [-0.05, 0) is 43.3 Å². The summed E-state index contributed by atoms with van der Waals surface area (Å²) in [6.45, 7) is 5.00. The molecule has 0 spiro atoms. The fourth-order valence-electron chi connectivity index (χ4n) is 1.91. The zero-order valence-electron chi connectivity index (χ0n) is 11.8. The lowest BCUT2D eigenvalue weighted by molar-refractivity contribution is 0.598. The van der Waals surface area contributed by atoms with Crippen LogP contribution in [0.2, 0.25) is 4.34 Å². The molecule has 1 aromatic carbocycles. The van der Waals surface area contributed by atoms with Gasteiger partial charge in [0.25, 0.3) is 10.0 Å². The van der Waals surface area contributed by atoms with Gasteiger partial charge in [-0.25, -0.2) is 8.42 Å². The Labute approximate surface area is 134 Å². The van der Waals surface area contributed by atoms with Crippen LogP contribution in [0.1, 0.15) is 25.5 Å². The normalized spacial score (nSPS) is 13.1. The second-order valence-corrected chi connectivity index (χ2v) is 8.19. The predicted octanol–water partition coefficient (Wildman–Crippen LogP) is 3.87. The molecule has 21 heavy (non-hydrogen) atoms. The molecule has 0 saturated heterocycles. The van der Waals surface area contributed by atoms with E-state index in [2.05, 4.69) is 17.0 Å². The number of hydrogen-bond donors (Lipinski definition) is 2. The Morgan fingerprint density at radius 1 is 1.19 bits per heavy atom. The average molecular weight is 345 g/mol. The molecule has 0 saturated carbocycles. The number of sulfonamides is 1. The highest BCUT2D eigenvalue weighted by molar-refractivity contribution is 7.94. The molecule has 0 aliphatic rings. The van der Waals surface area contributed by atoms with Crippen molar-refractivity contribution in [3.8, 4) is 0 Å². The molecule has 0 amide bonds. The van der Waals surface area contributed by atoms with Crippen LogP contribution in [0.5, 0.6) is 0 Å². The predicted molar refractivity (Wildman–Crippen MR) is 88.7 cm³/mol. The Morgan fingerprint density at radius 3 is 2.38 bits per heavy atom. The van der Waals surface area contributed by atoms with E-state index in [4.69, 9.17) is 11.6 Å². The summed E-state index contributed by atoms with van der Waals surface area (Å²) in [4.78, 5) is 0.